The minimum atomic E-state index is 0.205. The highest BCUT2D eigenvalue weighted by Crippen LogP contribution is 2.48. The van der Waals surface area contributed by atoms with Gasteiger partial charge in [0.1, 0.15) is 0 Å². The molecule has 0 bridgehead atoms. The lowest BCUT2D eigenvalue weighted by molar-refractivity contribution is 0.0794. The fraction of sp³-hybridized carbons (Fsp3) is 0.650. The Balaban J connectivity index is 1.63. The highest BCUT2D eigenvalue weighted by atomic mass is 35.5. The van der Waals surface area contributed by atoms with E-state index in [4.69, 9.17) is 21.3 Å². The third kappa shape index (κ3) is 4.87. The number of aliphatic imine (C=N–C) groups is 1. The number of nitrogens with one attached hydrogen (secondary N) is 2. The summed E-state index contributed by atoms with van der Waals surface area (Å²) in [6.07, 6.45) is 6.74. The zero-order valence-corrected chi connectivity index (χ0v) is 17.4. The van der Waals surface area contributed by atoms with E-state index < -0.39 is 0 Å². The maximum atomic E-state index is 6.19. The van der Waals surface area contributed by atoms with Crippen LogP contribution in [0.1, 0.15) is 38.2 Å². The molecule has 1 aliphatic heterocycles. The van der Waals surface area contributed by atoms with Crippen LogP contribution >= 0.6 is 23.4 Å². The number of rotatable bonds is 7. The van der Waals surface area contributed by atoms with Gasteiger partial charge in [-0.1, -0.05) is 23.7 Å². The number of hydrogen-bond acceptors (Lipinski definition) is 3. The van der Waals surface area contributed by atoms with E-state index in [1.165, 1.54) is 18.4 Å². The van der Waals surface area contributed by atoms with Gasteiger partial charge in [-0.05, 0) is 56.6 Å². The Labute approximate surface area is 166 Å². The minimum absolute atomic E-state index is 0.205. The molecule has 1 aromatic carbocycles. The number of hydrogen-bond donors (Lipinski definition) is 2. The second-order valence-electron chi connectivity index (χ2n) is 7.34. The predicted molar refractivity (Wildman–Crippen MR) is 113 cm³/mol. The highest BCUT2D eigenvalue weighted by Gasteiger charge is 2.44. The lowest BCUT2D eigenvalue weighted by Crippen LogP contribution is -2.43. The van der Waals surface area contributed by atoms with E-state index in [0.29, 0.717) is 0 Å². The Morgan fingerprint density at radius 2 is 2.00 bits per heavy atom. The number of thioether (sulfide) groups is 1. The first-order valence-corrected chi connectivity index (χ1v) is 11.1. The number of halogens is 1. The summed E-state index contributed by atoms with van der Waals surface area (Å²) >= 11 is 8.12. The van der Waals surface area contributed by atoms with E-state index >= 15 is 0 Å². The van der Waals surface area contributed by atoms with Crippen molar-refractivity contribution in [2.45, 2.75) is 42.8 Å². The molecule has 0 unspecified atom stereocenters. The summed E-state index contributed by atoms with van der Waals surface area (Å²) in [6.45, 7) is 6.40. The van der Waals surface area contributed by atoms with Crippen molar-refractivity contribution in [3.05, 3.63) is 34.9 Å². The van der Waals surface area contributed by atoms with Crippen LogP contribution in [0, 0.1) is 0 Å². The van der Waals surface area contributed by atoms with Gasteiger partial charge in [0.05, 0.1) is 6.54 Å². The summed E-state index contributed by atoms with van der Waals surface area (Å²) in [5.74, 6) is 0.917. The third-order valence-electron chi connectivity index (χ3n) is 5.59. The van der Waals surface area contributed by atoms with Gasteiger partial charge < -0.3 is 15.4 Å². The van der Waals surface area contributed by atoms with Gasteiger partial charge in [0.2, 0.25) is 0 Å². The quantitative estimate of drug-likeness (QED) is 0.544. The largest absolute Gasteiger partial charge is 0.381 e. The molecule has 1 aromatic rings. The standard InChI is InChI=1S/C20H30ClN3OS/c1-3-22-18(24-15-20(26-2)9-11-25-12-10-20)23-14-19(7-8-19)16-5-4-6-17(21)13-16/h4-6,13H,3,7-12,14-15H2,1-2H3,(H2,22,23,24). The minimum Gasteiger partial charge on any atom is -0.381 e. The van der Waals surface area contributed by atoms with Gasteiger partial charge >= 0.3 is 0 Å². The second-order valence-corrected chi connectivity index (χ2v) is 9.05. The molecule has 1 saturated carbocycles. The topological polar surface area (TPSA) is 45.7 Å². The Bertz CT molecular complexity index is 627. The SMILES string of the molecule is CCNC(=NCC1(SC)CCOCC1)NCC1(c2cccc(Cl)c2)CC1. The van der Waals surface area contributed by atoms with Crippen molar-refractivity contribution >= 4 is 29.3 Å². The summed E-state index contributed by atoms with van der Waals surface area (Å²) in [5.41, 5.74) is 1.54. The summed E-state index contributed by atoms with van der Waals surface area (Å²) in [5, 5.41) is 7.79. The second kappa shape index (κ2) is 8.85. The van der Waals surface area contributed by atoms with Crippen molar-refractivity contribution in [3.63, 3.8) is 0 Å². The Morgan fingerprint density at radius 3 is 2.62 bits per heavy atom. The van der Waals surface area contributed by atoms with E-state index in [1.54, 1.807) is 0 Å². The molecule has 2 N–H and O–H groups in total. The zero-order chi connectivity index (χ0) is 18.5. The van der Waals surface area contributed by atoms with Gasteiger partial charge in [-0.15, -0.1) is 0 Å². The molecule has 2 aliphatic rings. The van der Waals surface area contributed by atoms with Gasteiger partial charge in [0.25, 0.3) is 0 Å². The van der Waals surface area contributed by atoms with Crippen LogP contribution in [0.4, 0.5) is 0 Å². The van der Waals surface area contributed by atoms with Crippen LogP contribution in [0.5, 0.6) is 0 Å². The van der Waals surface area contributed by atoms with Crippen LogP contribution in [-0.2, 0) is 10.2 Å². The predicted octanol–water partition coefficient (Wildman–Crippen LogP) is 3.84. The molecule has 1 saturated heterocycles. The molecular weight excluding hydrogens is 366 g/mol. The van der Waals surface area contributed by atoms with Gasteiger partial charge in [-0.25, -0.2) is 0 Å². The maximum Gasteiger partial charge on any atom is 0.191 e. The first-order chi connectivity index (χ1) is 12.6. The number of benzene rings is 1. The molecule has 144 valence electrons. The smallest absolute Gasteiger partial charge is 0.191 e. The molecule has 3 rings (SSSR count). The zero-order valence-electron chi connectivity index (χ0n) is 15.8. The Morgan fingerprint density at radius 1 is 1.23 bits per heavy atom. The van der Waals surface area contributed by atoms with Crippen LogP contribution < -0.4 is 10.6 Å². The molecule has 1 heterocycles. The van der Waals surface area contributed by atoms with E-state index in [0.717, 1.165) is 56.7 Å². The Hall–Kier alpha value is -0.910. The van der Waals surface area contributed by atoms with Crippen LogP contribution in [0.15, 0.2) is 29.3 Å². The molecule has 4 nitrogen and oxygen atoms in total. The van der Waals surface area contributed by atoms with E-state index in [1.807, 2.05) is 23.9 Å². The molecule has 26 heavy (non-hydrogen) atoms. The van der Waals surface area contributed by atoms with Gasteiger partial charge in [-0.3, -0.25) is 4.99 Å². The van der Waals surface area contributed by atoms with Crippen molar-refractivity contribution in [2.24, 2.45) is 4.99 Å². The normalized spacial score (nSPS) is 21.3. The summed E-state index contributed by atoms with van der Waals surface area (Å²) in [6, 6.07) is 8.28. The first-order valence-electron chi connectivity index (χ1n) is 9.53. The van der Waals surface area contributed by atoms with Crippen LogP contribution in [0.25, 0.3) is 0 Å². The van der Waals surface area contributed by atoms with Gasteiger partial charge in [0.15, 0.2) is 5.96 Å². The van der Waals surface area contributed by atoms with Crippen molar-refractivity contribution in [3.8, 4) is 0 Å². The molecule has 2 fully saturated rings. The van der Waals surface area contributed by atoms with Crippen molar-refractivity contribution in [1.82, 2.24) is 10.6 Å². The van der Waals surface area contributed by atoms with Gasteiger partial charge in [-0.2, -0.15) is 11.8 Å². The van der Waals surface area contributed by atoms with Crippen molar-refractivity contribution in [2.75, 3.05) is 39.1 Å². The van der Waals surface area contributed by atoms with Crippen molar-refractivity contribution < 1.29 is 4.74 Å². The van der Waals surface area contributed by atoms with E-state index in [9.17, 15) is 0 Å². The Kier molecular flexibility index (Phi) is 6.76. The summed E-state index contributed by atoms with van der Waals surface area (Å²) in [7, 11) is 0. The highest BCUT2D eigenvalue weighted by molar-refractivity contribution is 8.00. The first kappa shape index (κ1) is 19.8. The molecule has 0 radical (unpaired) electrons. The molecule has 0 spiro atoms. The molecule has 0 aromatic heterocycles. The number of guanidine groups is 1. The van der Waals surface area contributed by atoms with Gasteiger partial charge in [0, 0.05) is 41.5 Å². The van der Waals surface area contributed by atoms with Crippen LogP contribution in [0.3, 0.4) is 0 Å². The van der Waals surface area contributed by atoms with E-state index in [-0.39, 0.29) is 10.2 Å². The van der Waals surface area contributed by atoms with Crippen LogP contribution in [0.2, 0.25) is 5.02 Å². The average molecular weight is 396 g/mol. The monoisotopic (exact) mass is 395 g/mol. The number of ether oxygens (including phenoxy) is 1. The third-order valence-corrected chi connectivity index (χ3v) is 7.23. The molecule has 0 atom stereocenters. The summed E-state index contributed by atoms with van der Waals surface area (Å²) in [4.78, 5) is 4.91. The molecule has 0 amide bonds. The maximum absolute atomic E-state index is 6.19. The average Bonchev–Trinajstić information content (AvgIpc) is 3.46. The van der Waals surface area contributed by atoms with E-state index in [2.05, 4.69) is 35.9 Å². The van der Waals surface area contributed by atoms with Crippen molar-refractivity contribution in [1.29, 1.82) is 0 Å². The molecular formula is C20H30ClN3OS. The fourth-order valence-corrected chi connectivity index (χ4v) is 4.48. The molecule has 1 aliphatic carbocycles. The number of nitrogens with zero attached hydrogens (tertiary/aromatic N) is 1. The summed E-state index contributed by atoms with van der Waals surface area (Å²) < 4.78 is 5.75. The fourth-order valence-electron chi connectivity index (χ4n) is 3.52. The lowest BCUT2D eigenvalue weighted by atomic mass is 9.96. The van der Waals surface area contributed by atoms with Crippen LogP contribution in [-0.4, -0.2) is 49.8 Å². The lowest BCUT2D eigenvalue weighted by Gasteiger charge is -2.34. The molecule has 6 heteroatoms.